The molecular weight excluding hydrogens is 308 g/mol. The summed E-state index contributed by atoms with van der Waals surface area (Å²) in [5.41, 5.74) is 1.56. The van der Waals surface area contributed by atoms with Gasteiger partial charge in [0.1, 0.15) is 16.5 Å². The zero-order chi connectivity index (χ0) is 16.6. The number of thiophene rings is 1. The Balaban J connectivity index is 1.96. The summed E-state index contributed by atoms with van der Waals surface area (Å²) in [7, 11) is 0. The summed E-state index contributed by atoms with van der Waals surface area (Å²) in [4.78, 5) is 28.9. The number of aromatic amines is 1. The largest absolute Gasteiger partial charge is 0.306 e. The molecule has 0 atom stereocenters. The number of allylic oxidation sites excluding steroid dienone is 1. The Morgan fingerprint density at radius 3 is 2.61 bits per heavy atom. The molecule has 0 aliphatic carbocycles. The predicted octanol–water partition coefficient (Wildman–Crippen LogP) is 3.63. The smallest absolute Gasteiger partial charge is 0.259 e. The van der Waals surface area contributed by atoms with E-state index in [0.717, 1.165) is 21.8 Å². The molecule has 0 aliphatic heterocycles. The zero-order valence-electron chi connectivity index (χ0n) is 13.5. The van der Waals surface area contributed by atoms with Crippen LogP contribution in [0.2, 0.25) is 0 Å². The Labute approximate surface area is 138 Å². The zero-order valence-corrected chi connectivity index (χ0v) is 14.4. The number of hydrogen-bond acceptors (Lipinski definition) is 5. The SMILES string of the molecule is CC(=Cc1cnc(C(C)(C)C)nc1)c1nc2sccc2c(=O)[nH]1. The van der Waals surface area contributed by atoms with Crippen molar-refractivity contribution in [2.75, 3.05) is 0 Å². The summed E-state index contributed by atoms with van der Waals surface area (Å²) >= 11 is 1.46. The second-order valence-corrected chi connectivity index (χ2v) is 7.37. The number of nitrogens with one attached hydrogen (secondary N) is 1. The molecule has 0 bridgehead atoms. The second-order valence-electron chi connectivity index (χ2n) is 6.47. The number of rotatable bonds is 2. The summed E-state index contributed by atoms with van der Waals surface area (Å²) in [5, 5.41) is 2.50. The van der Waals surface area contributed by atoms with Crippen LogP contribution in [0.4, 0.5) is 0 Å². The van der Waals surface area contributed by atoms with Gasteiger partial charge in [-0.15, -0.1) is 11.3 Å². The highest BCUT2D eigenvalue weighted by Crippen LogP contribution is 2.20. The van der Waals surface area contributed by atoms with Crippen LogP contribution < -0.4 is 5.56 Å². The van der Waals surface area contributed by atoms with Gasteiger partial charge in [0, 0.05) is 23.4 Å². The average Bonchev–Trinajstić information content (AvgIpc) is 2.96. The van der Waals surface area contributed by atoms with E-state index in [2.05, 4.69) is 40.7 Å². The van der Waals surface area contributed by atoms with Crippen molar-refractivity contribution >= 4 is 33.2 Å². The third kappa shape index (κ3) is 3.22. The molecular formula is C17H18N4OS. The lowest BCUT2D eigenvalue weighted by molar-refractivity contribution is 0.545. The number of hydrogen-bond donors (Lipinski definition) is 1. The summed E-state index contributed by atoms with van der Waals surface area (Å²) in [6.45, 7) is 8.14. The lowest BCUT2D eigenvalue weighted by Crippen LogP contribution is -2.15. The molecule has 0 aliphatic rings. The van der Waals surface area contributed by atoms with Gasteiger partial charge < -0.3 is 4.98 Å². The summed E-state index contributed by atoms with van der Waals surface area (Å²) in [6.07, 6.45) is 5.50. The molecule has 0 spiro atoms. The molecule has 0 amide bonds. The fourth-order valence-corrected chi connectivity index (χ4v) is 2.93. The Morgan fingerprint density at radius 1 is 1.26 bits per heavy atom. The highest BCUT2D eigenvalue weighted by Gasteiger charge is 2.16. The van der Waals surface area contributed by atoms with Gasteiger partial charge in [-0.1, -0.05) is 20.8 Å². The summed E-state index contributed by atoms with van der Waals surface area (Å²) in [5.74, 6) is 1.38. The molecule has 23 heavy (non-hydrogen) atoms. The van der Waals surface area contributed by atoms with E-state index >= 15 is 0 Å². The second kappa shape index (κ2) is 5.70. The molecule has 6 heteroatoms. The molecule has 118 valence electrons. The molecule has 0 fully saturated rings. The van der Waals surface area contributed by atoms with Gasteiger partial charge in [-0.25, -0.2) is 15.0 Å². The van der Waals surface area contributed by atoms with E-state index in [1.54, 1.807) is 18.5 Å². The Hall–Kier alpha value is -2.34. The van der Waals surface area contributed by atoms with Crippen LogP contribution in [0, 0.1) is 0 Å². The van der Waals surface area contributed by atoms with Crippen molar-refractivity contribution in [1.29, 1.82) is 0 Å². The van der Waals surface area contributed by atoms with Crippen molar-refractivity contribution in [1.82, 2.24) is 19.9 Å². The predicted molar refractivity (Wildman–Crippen MR) is 94.5 cm³/mol. The molecule has 0 saturated heterocycles. The molecule has 0 aromatic carbocycles. The van der Waals surface area contributed by atoms with E-state index < -0.39 is 0 Å². The lowest BCUT2D eigenvalue weighted by atomic mass is 9.96. The Morgan fingerprint density at radius 2 is 1.96 bits per heavy atom. The lowest BCUT2D eigenvalue weighted by Gasteiger charge is -2.15. The molecule has 0 unspecified atom stereocenters. The fourth-order valence-electron chi connectivity index (χ4n) is 2.17. The first-order valence-corrected chi connectivity index (χ1v) is 8.21. The van der Waals surface area contributed by atoms with Crippen LogP contribution in [-0.4, -0.2) is 19.9 Å². The number of nitrogens with zero attached hydrogens (tertiary/aromatic N) is 3. The Bertz CT molecular complexity index is 930. The van der Waals surface area contributed by atoms with Crippen LogP contribution in [0.15, 0.2) is 28.6 Å². The van der Waals surface area contributed by atoms with E-state index in [4.69, 9.17) is 0 Å². The minimum absolute atomic E-state index is 0.0751. The van der Waals surface area contributed by atoms with Crippen LogP contribution in [0.5, 0.6) is 0 Å². The maximum absolute atomic E-state index is 12.0. The van der Waals surface area contributed by atoms with Crippen molar-refractivity contribution in [3.05, 3.63) is 51.4 Å². The van der Waals surface area contributed by atoms with E-state index in [1.807, 2.05) is 18.4 Å². The van der Waals surface area contributed by atoms with E-state index in [9.17, 15) is 4.79 Å². The molecule has 3 heterocycles. The van der Waals surface area contributed by atoms with Crippen LogP contribution in [-0.2, 0) is 5.41 Å². The highest BCUT2D eigenvalue weighted by atomic mass is 32.1. The molecule has 0 saturated carbocycles. The number of H-pyrrole nitrogens is 1. The van der Waals surface area contributed by atoms with E-state index in [0.29, 0.717) is 11.2 Å². The monoisotopic (exact) mass is 326 g/mol. The number of fused-ring (bicyclic) bond motifs is 1. The first-order chi connectivity index (χ1) is 10.8. The quantitative estimate of drug-likeness (QED) is 0.780. The molecule has 3 aromatic heterocycles. The molecule has 1 N–H and O–H groups in total. The first-order valence-electron chi connectivity index (χ1n) is 7.33. The molecule has 3 rings (SSSR count). The van der Waals surface area contributed by atoms with Crippen molar-refractivity contribution < 1.29 is 0 Å². The minimum Gasteiger partial charge on any atom is -0.306 e. The van der Waals surface area contributed by atoms with Crippen molar-refractivity contribution in [2.24, 2.45) is 0 Å². The van der Waals surface area contributed by atoms with Crippen LogP contribution in [0.25, 0.3) is 21.9 Å². The molecule has 5 nitrogen and oxygen atoms in total. The van der Waals surface area contributed by atoms with E-state index in [-0.39, 0.29) is 11.0 Å². The minimum atomic E-state index is -0.113. The van der Waals surface area contributed by atoms with Gasteiger partial charge in [0.15, 0.2) is 0 Å². The molecule has 0 radical (unpaired) electrons. The normalized spacial score (nSPS) is 12.8. The van der Waals surface area contributed by atoms with E-state index in [1.165, 1.54) is 11.3 Å². The van der Waals surface area contributed by atoms with Gasteiger partial charge in [-0.3, -0.25) is 4.79 Å². The average molecular weight is 326 g/mol. The summed E-state index contributed by atoms with van der Waals surface area (Å²) in [6, 6.07) is 1.79. The third-order valence-corrected chi connectivity index (χ3v) is 4.24. The standard InChI is InChI=1S/C17H18N4OS/c1-10(7-11-8-18-16(19-9-11)17(2,3)4)13-20-14(22)12-5-6-23-15(12)21-13/h5-9H,1-4H3,(H,20,21,22). The number of aromatic nitrogens is 4. The maximum atomic E-state index is 12.0. The van der Waals surface area contributed by atoms with Crippen LogP contribution >= 0.6 is 11.3 Å². The van der Waals surface area contributed by atoms with Gasteiger partial charge in [-0.2, -0.15) is 0 Å². The molecule has 3 aromatic rings. The topological polar surface area (TPSA) is 71.5 Å². The maximum Gasteiger partial charge on any atom is 0.259 e. The van der Waals surface area contributed by atoms with Crippen LogP contribution in [0.3, 0.4) is 0 Å². The first kappa shape index (κ1) is 15.6. The highest BCUT2D eigenvalue weighted by molar-refractivity contribution is 7.16. The van der Waals surface area contributed by atoms with Crippen LogP contribution in [0.1, 0.15) is 44.9 Å². The summed E-state index contributed by atoms with van der Waals surface area (Å²) < 4.78 is 0. The van der Waals surface area contributed by atoms with Crippen molar-refractivity contribution in [3.63, 3.8) is 0 Å². The van der Waals surface area contributed by atoms with Crippen molar-refractivity contribution in [3.8, 4) is 0 Å². The van der Waals surface area contributed by atoms with Gasteiger partial charge in [0.25, 0.3) is 5.56 Å². The van der Waals surface area contributed by atoms with Gasteiger partial charge in [-0.05, 0) is 30.0 Å². The third-order valence-electron chi connectivity index (χ3n) is 3.43. The van der Waals surface area contributed by atoms with Gasteiger partial charge in [0.2, 0.25) is 0 Å². The van der Waals surface area contributed by atoms with Crippen molar-refractivity contribution in [2.45, 2.75) is 33.1 Å². The van der Waals surface area contributed by atoms with Gasteiger partial charge in [0.05, 0.1) is 5.39 Å². The Kier molecular flexibility index (Phi) is 3.85. The van der Waals surface area contributed by atoms with Gasteiger partial charge >= 0.3 is 0 Å². The fraction of sp³-hybridized carbons (Fsp3) is 0.294.